The number of rotatable bonds is 1. The molecule has 94 valence electrons. The summed E-state index contributed by atoms with van der Waals surface area (Å²) in [5, 5.41) is 0. The molecule has 1 aliphatic rings. The van der Waals surface area contributed by atoms with Crippen molar-refractivity contribution in [3.05, 3.63) is 30.0 Å². The van der Waals surface area contributed by atoms with Crippen molar-refractivity contribution in [1.82, 2.24) is 0 Å². The van der Waals surface area contributed by atoms with Crippen LogP contribution in [-0.2, 0) is 0 Å². The van der Waals surface area contributed by atoms with Crippen molar-refractivity contribution < 1.29 is 35.2 Å². The van der Waals surface area contributed by atoms with Crippen LogP contribution in [0.4, 0.5) is 30.7 Å². The smallest absolute Gasteiger partial charge is 0.383 e. The Bertz CT molecular complexity index is 472. The maximum Gasteiger partial charge on any atom is 0.383 e. The van der Waals surface area contributed by atoms with Gasteiger partial charge in [0, 0.05) is 5.56 Å². The van der Waals surface area contributed by atoms with Crippen LogP contribution in [0.25, 0.3) is 5.57 Å². The van der Waals surface area contributed by atoms with Gasteiger partial charge in [0.05, 0.1) is 18.1 Å². The molecule has 0 aliphatic heterocycles. The van der Waals surface area contributed by atoms with Crippen molar-refractivity contribution in [3.8, 4) is 0 Å². The van der Waals surface area contributed by atoms with Gasteiger partial charge in [-0.25, -0.2) is 4.39 Å². The van der Waals surface area contributed by atoms with Crippen molar-refractivity contribution in [2.75, 3.05) is 0 Å². The zero-order valence-electron chi connectivity index (χ0n) is 7.79. The first-order valence-corrected chi connectivity index (χ1v) is 4.20. The molecule has 2 rings (SSSR count). The predicted octanol–water partition coefficient (Wildman–Crippen LogP) is 3.88. The molecule has 0 bridgehead atoms. The van der Waals surface area contributed by atoms with Crippen LogP contribution in [0.5, 0.6) is 0 Å². The number of hydrogen-bond acceptors (Lipinski definition) is 1. The molecule has 0 atom stereocenters. The summed E-state index contributed by atoms with van der Waals surface area (Å²) in [5.74, 6) is -19.5. The number of furan rings is 1. The predicted molar refractivity (Wildman–Crippen MR) is 41.6 cm³/mol. The molecule has 17 heavy (non-hydrogen) atoms. The van der Waals surface area contributed by atoms with E-state index in [1.165, 1.54) is 0 Å². The summed E-state index contributed by atoms with van der Waals surface area (Å²) in [7, 11) is 0. The second-order valence-corrected chi connectivity index (χ2v) is 3.42. The van der Waals surface area contributed by atoms with Crippen molar-refractivity contribution in [1.29, 1.82) is 0 Å². The number of halogens is 7. The quantitative estimate of drug-likeness (QED) is 0.698. The summed E-state index contributed by atoms with van der Waals surface area (Å²) in [6, 6.07) is 0.695. The Balaban J connectivity index is 2.70. The summed E-state index contributed by atoms with van der Waals surface area (Å²) in [4.78, 5) is 0. The van der Waals surface area contributed by atoms with Gasteiger partial charge in [0.2, 0.25) is 0 Å². The molecule has 0 spiro atoms. The minimum Gasteiger partial charge on any atom is -0.472 e. The molecule has 1 nitrogen and oxygen atoms in total. The zero-order chi connectivity index (χ0) is 13.1. The molecule has 0 radical (unpaired) electrons. The van der Waals surface area contributed by atoms with E-state index in [0.717, 1.165) is 6.26 Å². The summed E-state index contributed by atoms with van der Waals surface area (Å²) in [6.45, 7) is 0. The Morgan fingerprint density at radius 1 is 0.941 bits per heavy atom. The van der Waals surface area contributed by atoms with Gasteiger partial charge < -0.3 is 4.42 Å². The van der Waals surface area contributed by atoms with Gasteiger partial charge in [-0.15, -0.1) is 0 Å². The monoisotopic (exact) mass is 260 g/mol. The molecule has 0 aromatic carbocycles. The van der Waals surface area contributed by atoms with Crippen LogP contribution in [0.1, 0.15) is 5.56 Å². The van der Waals surface area contributed by atoms with Crippen LogP contribution >= 0.6 is 0 Å². The molecule has 0 saturated carbocycles. The highest BCUT2D eigenvalue weighted by Crippen LogP contribution is 2.62. The van der Waals surface area contributed by atoms with Crippen LogP contribution in [0.3, 0.4) is 0 Å². The van der Waals surface area contributed by atoms with E-state index in [9.17, 15) is 30.7 Å². The van der Waals surface area contributed by atoms with Crippen molar-refractivity contribution in [3.63, 3.8) is 0 Å². The molecule has 1 aliphatic carbocycles. The molecule has 0 saturated heterocycles. The summed E-state index contributed by atoms with van der Waals surface area (Å²) >= 11 is 0. The van der Waals surface area contributed by atoms with Gasteiger partial charge in [0.1, 0.15) is 0 Å². The zero-order valence-corrected chi connectivity index (χ0v) is 7.79. The highest BCUT2D eigenvalue weighted by atomic mass is 19.3. The molecule has 0 fully saturated rings. The van der Waals surface area contributed by atoms with E-state index in [-0.39, 0.29) is 0 Å². The largest absolute Gasteiger partial charge is 0.472 e. The lowest BCUT2D eigenvalue weighted by Crippen LogP contribution is -2.48. The third kappa shape index (κ3) is 1.20. The maximum atomic E-state index is 13.1. The Morgan fingerprint density at radius 3 is 1.88 bits per heavy atom. The van der Waals surface area contributed by atoms with E-state index in [1.807, 2.05) is 0 Å². The van der Waals surface area contributed by atoms with E-state index in [4.69, 9.17) is 0 Å². The third-order valence-corrected chi connectivity index (χ3v) is 2.41. The third-order valence-electron chi connectivity index (χ3n) is 2.41. The van der Waals surface area contributed by atoms with Gasteiger partial charge in [0.15, 0.2) is 5.83 Å². The van der Waals surface area contributed by atoms with E-state index in [2.05, 4.69) is 4.42 Å². The summed E-state index contributed by atoms with van der Waals surface area (Å²) in [6.07, 6.45) is 1.26. The highest BCUT2D eigenvalue weighted by Gasteiger charge is 2.81. The van der Waals surface area contributed by atoms with Gasteiger partial charge in [-0.2, -0.15) is 26.3 Å². The highest BCUT2D eigenvalue weighted by molar-refractivity contribution is 5.78. The minimum atomic E-state index is -5.81. The minimum absolute atomic E-state index is 0.486. The fourth-order valence-electron chi connectivity index (χ4n) is 1.50. The molecular weight excluding hydrogens is 257 g/mol. The van der Waals surface area contributed by atoms with Crippen molar-refractivity contribution in [2.45, 2.75) is 17.8 Å². The van der Waals surface area contributed by atoms with E-state index in [0.29, 0.717) is 12.3 Å². The standard InChI is InChI=1S/C9H3F7O/c10-6-5(4-1-2-17-3-4)7(11,12)9(15,16)8(6,13)14/h1-3H. The molecular formula is C9H3F7O. The molecule has 1 aromatic rings. The van der Waals surface area contributed by atoms with Gasteiger partial charge in [-0.3, -0.25) is 0 Å². The van der Waals surface area contributed by atoms with Crippen LogP contribution in [0.15, 0.2) is 28.8 Å². The van der Waals surface area contributed by atoms with E-state index in [1.54, 1.807) is 0 Å². The van der Waals surface area contributed by atoms with Crippen molar-refractivity contribution >= 4 is 5.57 Å². The Labute approximate surface area is 89.5 Å². The molecule has 0 N–H and O–H groups in total. The average Bonchev–Trinajstić information content (AvgIpc) is 2.72. The van der Waals surface area contributed by atoms with Crippen LogP contribution < -0.4 is 0 Å². The van der Waals surface area contributed by atoms with Gasteiger partial charge >= 0.3 is 17.8 Å². The topological polar surface area (TPSA) is 13.1 Å². The van der Waals surface area contributed by atoms with Crippen LogP contribution in [0.2, 0.25) is 0 Å². The first-order chi connectivity index (χ1) is 7.64. The second-order valence-electron chi connectivity index (χ2n) is 3.42. The molecule has 0 amide bonds. The Kier molecular flexibility index (Phi) is 2.15. The lowest BCUT2D eigenvalue weighted by molar-refractivity contribution is -0.263. The summed E-state index contributed by atoms with van der Waals surface area (Å²) < 4.78 is 94.7. The average molecular weight is 260 g/mol. The van der Waals surface area contributed by atoms with Crippen molar-refractivity contribution in [2.24, 2.45) is 0 Å². The molecule has 1 heterocycles. The number of hydrogen-bond donors (Lipinski definition) is 0. The first-order valence-electron chi connectivity index (χ1n) is 4.20. The lowest BCUT2D eigenvalue weighted by atomic mass is 10.0. The lowest BCUT2D eigenvalue weighted by Gasteiger charge is -2.24. The SMILES string of the molecule is FC1=C(c2ccoc2)C(F)(F)C(F)(F)C1(F)F. The molecule has 1 aromatic heterocycles. The van der Waals surface area contributed by atoms with E-state index >= 15 is 0 Å². The Morgan fingerprint density at radius 2 is 1.53 bits per heavy atom. The van der Waals surface area contributed by atoms with Gasteiger partial charge in [0.25, 0.3) is 0 Å². The molecule has 8 heteroatoms. The number of allylic oxidation sites excluding steroid dienone is 2. The van der Waals surface area contributed by atoms with Crippen LogP contribution in [0, 0.1) is 0 Å². The van der Waals surface area contributed by atoms with Gasteiger partial charge in [-0.05, 0) is 6.07 Å². The van der Waals surface area contributed by atoms with Crippen LogP contribution in [-0.4, -0.2) is 17.8 Å². The number of alkyl halides is 6. The summed E-state index contributed by atoms with van der Waals surface area (Å²) in [5.41, 5.74) is -2.88. The first kappa shape index (κ1) is 12.0. The fraction of sp³-hybridized carbons (Fsp3) is 0.333. The molecule has 0 unspecified atom stereocenters. The fourth-order valence-corrected chi connectivity index (χ4v) is 1.50. The van der Waals surface area contributed by atoms with Gasteiger partial charge in [-0.1, -0.05) is 0 Å². The second kappa shape index (κ2) is 3.05. The maximum absolute atomic E-state index is 13.1. The normalized spacial score (nSPS) is 25.4. The van der Waals surface area contributed by atoms with E-state index < -0.39 is 34.7 Å². The Hall–Kier alpha value is -1.47.